The molecule has 0 aliphatic rings. The molecule has 0 amide bonds. The third kappa shape index (κ3) is 7.25. The van der Waals surface area contributed by atoms with E-state index in [1.54, 1.807) is 7.11 Å². The SMILES string of the molecule is CO/C=N\N=C(\C)CC(C)(C)C. The van der Waals surface area contributed by atoms with Crippen molar-refractivity contribution in [1.29, 1.82) is 0 Å². The summed E-state index contributed by atoms with van der Waals surface area (Å²) in [7, 11) is 1.55. The minimum absolute atomic E-state index is 0.274. The molecule has 70 valence electrons. The van der Waals surface area contributed by atoms with Crippen molar-refractivity contribution in [1.82, 2.24) is 0 Å². The molecule has 12 heavy (non-hydrogen) atoms. The summed E-state index contributed by atoms with van der Waals surface area (Å²) in [5.41, 5.74) is 1.30. The molecule has 0 rings (SSSR count). The highest BCUT2D eigenvalue weighted by molar-refractivity contribution is 5.82. The Bertz CT molecular complexity index is 177. The van der Waals surface area contributed by atoms with Crippen LogP contribution < -0.4 is 0 Å². The fraction of sp³-hybridized carbons (Fsp3) is 0.778. The molecule has 3 nitrogen and oxygen atoms in total. The summed E-state index contributed by atoms with van der Waals surface area (Å²) in [6.45, 7) is 8.49. The number of rotatable bonds is 3. The predicted octanol–water partition coefficient (Wildman–Crippen LogP) is 2.47. The molecule has 0 spiro atoms. The van der Waals surface area contributed by atoms with E-state index in [1.807, 2.05) is 6.92 Å². The van der Waals surface area contributed by atoms with E-state index in [1.165, 1.54) is 6.40 Å². The molecule has 0 aliphatic heterocycles. The van der Waals surface area contributed by atoms with Gasteiger partial charge < -0.3 is 4.74 Å². The standard InChI is InChI=1S/C9H18N2O/c1-8(6-9(2,3)4)11-10-7-12-5/h7H,6H2,1-5H3/b10-7-,11-8-. The molecule has 0 aromatic carbocycles. The van der Waals surface area contributed by atoms with Crippen molar-refractivity contribution in [3.05, 3.63) is 0 Å². The first-order chi connectivity index (χ1) is 5.45. The van der Waals surface area contributed by atoms with Gasteiger partial charge in [-0.3, -0.25) is 0 Å². The van der Waals surface area contributed by atoms with Crippen LogP contribution in [0.5, 0.6) is 0 Å². The maximum absolute atomic E-state index is 4.62. The van der Waals surface area contributed by atoms with Crippen LogP contribution in [0.15, 0.2) is 10.2 Å². The Morgan fingerprint density at radius 1 is 1.42 bits per heavy atom. The van der Waals surface area contributed by atoms with E-state index in [0.29, 0.717) is 0 Å². The second-order valence-electron chi connectivity index (χ2n) is 4.03. The van der Waals surface area contributed by atoms with Gasteiger partial charge >= 0.3 is 0 Å². The topological polar surface area (TPSA) is 34.0 Å². The Hall–Kier alpha value is -0.860. The minimum Gasteiger partial charge on any atom is -0.485 e. The first-order valence-electron chi connectivity index (χ1n) is 4.03. The zero-order valence-electron chi connectivity index (χ0n) is 8.59. The fourth-order valence-electron chi connectivity index (χ4n) is 0.972. The Labute approximate surface area is 74.5 Å². The molecule has 0 unspecified atom stereocenters. The fourth-order valence-corrected chi connectivity index (χ4v) is 0.972. The summed E-state index contributed by atoms with van der Waals surface area (Å²) in [4.78, 5) is 0. The van der Waals surface area contributed by atoms with E-state index >= 15 is 0 Å². The predicted molar refractivity (Wildman–Crippen MR) is 52.7 cm³/mol. The Morgan fingerprint density at radius 2 is 2.00 bits per heavy atom. The lowest BCUT2D eigenvalue weighted by molar-refractivity contribution is 0.420. The first-order valence-corrected chi connectivity index (χ1v) is 4.03. The van der Waals surface area contributed by atoms with Crippen LogP contribution in [0.3, 0.4) is 0 Å². The van der Waals surface area contributed by atoms with Crippen LogP contribution in [0.2, 0.25) is 0 Å². The third-order valence-electron chi connectivity index (χ3n) is 1.17. The largest absolute Gasteiger partial charge is 0.485 e. The molecule has 0 fully saturated rings. The number of nitrogens with zero attached hydrogens (tertiary/aromatic N) is 2. The van der Waals surface area contributed by atoms with Crippen LogP contribution >= 0.6 is 0 Å². The second-order valence-corrected chi connectivity index (χ2v) is 4.03. The summed E-state index contributed by atoms with van der Waals surface area (Å²) in [6, 6.07) is 0. The van der Waals surface area contributed by atoms with E-state index in [2.05, 4.69) is 35.7 Å². The van der Waals surface area contributed by atoms with Gasteiger partial charge in [-0.05, 0) is 18.8 Å². The average molecular weight is 170 g/mol. The van der Waals surface area contributed by atoms with Gasteiger partial charge in [-0.2, -0.15) is 5.10 Å². The van der Waals surface area contributed by atoms with Crippen LogP contribution in [0.1, 0.15) is 34.1 Å². The van der Waals surface area contributed by atoms with Gasteiger partial charge in [0.2, 0.25) is 0 Å². The van der Waals surface area contributed by atoms with E-state index in [9.17, 15) is 0 Å². The highest BCUT2D eigenvalue weighted by Gasteiger charge is 2.11. The summed E-state index contributed by atoms with van der Waals surface area (Å²) < 4.78 is 4.62. The van der Waals surface area contributed by atoms with Crippen LogP contribution in [0.25, 0.3) is 0 Å². The quantitative estimate of drug-likeness (QED) is 0.364. The van der Waals surface area contributed by atoms with Gasteiger partial charge in [0.05, 0.1) is 7.11 Å². The molecule has 0 aliphatic carbocycles. The van der Waals surface area contributed by atoms with Gasteiger partial charge in [0, 0.05) is 5.71 Å². The number of hydrogen-bond acceptors (Lipinski definition) is 3. The smallest absolute Gasteiger partial charge is 0.194 e. The summed E-state index contributed by atoms with van der Waals surface area (Å²) >= 11 is 0. The Morgan fingerprint density at radius 3 is 2.42 bits per heavy atom. The molecule has 3 heteroatoms. The van der Waals surface area contributed by atoms with Crippen LogP contribution in [-0.2, 0) is 4.74 Å². The second kappa shape index (κ2) is 4.91. The summed E-state index contributed by atoms with van der Waals surface area (Å²) in [5, 5.41) is 7.68. The Kier molecular flexibility index (Phi) is 4.55. The Balaban J connectivity index is 3.94. The van der Waals surface area contributed by atoms with E-state index in [0.717, 1.165) is 12.1 Å². The van der Waals surface area contributed by atoms with Gasteiger partial charge in [-0.15, -0.1) is 5.10 Å². The van der Waals surface area contributed by atoms with Gasteiger partial charge in [0.25, 0.3) is 0 Å². The van der Waals surface area contributed by atoms with Crippen LogP contribution in [-0.4, -0.2) is 19.2 Å². The van der Waals surface area contributed by atoms with Crippen molar-refractivity contribution >= 4 is 12.1 Å². The molecular formula is C9H18N2O. The molecule has 0 saturated carbocycles. The van der Waals surface area contributed by atoms with Crippen molar-refractivity contribution in [3.8, 4) is 0 Å². The molecule has 0 aromatic rings. The van der Waals surface area contributed by atoms with Crippen molar-refractivity contribution in [2.24, 2.45) is 15.6 Å². The molecule has 0 saturated heterocycles. The van der Waals surface area contributed by atoms with E-state index in [-0.39, 0.29) is 5.41 Å². The molecule has 0 N–H and O–H groups in total. The van der Waals surface area contributed by atoms with Crippen molar-refractivity contribution in [2.75, 3.05) is 7.11 Å². The molecule has 0 radical (unpaired) electrons. The molecule has 0 heterocycles. The van der Waals surface area contributed by atoms with Crippen LogP contribution in [0.4, 0.5) is 0 Å². The van der Waals surface area contributed by atoms with Gasteiger partial charge in [-0.25, -0.2) is 0 Å². The van der Waals surface area contributed by atoms with Crippen molar-refractivity contribution in [3.63, 3.8) is 0 Å². The average Bonchev–Trinajstić information content (AvgIpc) is 1.84. The van der Waals surface area contributed by atoms with E-state index < -0.39 is 0 Å². The highest BCUT2D eigenvalue weighted by Crippen LogP contribution is 2.18. The first kappa shape index (κ1) is 11.1. The van der Waals surface area contributed by atoms with Crippen molar-refractivity contribution in [2.45, 2.75) is 34.1 Å². The lowest BCUT2D eigenvalue weighted by Crippen LogP contribution is -2.10. The zero-order chi connectivity index (χ0) is 9.61. The highest BCUT2D eigenvalue weighted by atomic mass is 16.5. The molecule has 0 atom stereocenters. The summed E-state index contributed by atoms with van der Waals surface area (Å²) in [6.07, 6.45) is 2.28. The third-order valence-corrected chi connectivity index (χ3v) is 1.17. The van der Waals surface area contributed by atoms with Crippen LogP contribution in [0, 0.1) is 5.41 Å². The number of methoxy groups -OCH3 is 1. The maximum Gasteiger partial charge on any atom is 0.194 e. The number of hydrogen-bond donors (Lipinski definition) is 0. The summed E-state index contributed by atoms with van der Waals surface area (Å²) in [5.74, 6) is 0. The maximum atomic E-state index is 4.62. The van der Waals surface area contributed by atoms with Gasteiger partial charge in [0.1, 0.15) is 0 Å². The van der Waals surface area contributed by atoms with Gasteiger partial charge in [-0.1, -0.05) is 20.8 Å². The molecular weight excluding hydrogens is 152 g/mol. The lowest BCUT2D eigenvalue weighted by Gasteiger charge is -2.16. The lowest BCUT2D eigenvalue weighted by atomic mass is 9.90. The normalized spacial score (nSPS) is 13.9. The van der Waals surface area contributed by atoms with E-state index in [4.69, 9.17) is 0 Å². The molecule has 0 bridgehead atoms. The van der Waals surface area contributed by atoms with Crippen molar-refractivity contribution < 1.29 is 4.74 Å². The monoisotopic (exact) mass is 170 g/mol. The minimum atomic E-state index is 0.274. The molecule has 0 aromatic heterocycles. The van der Waals surface area contributed by atoms with Gasteiger partial charge in [0.15, 0.2) is 6.40 Å². The number of ether oxygens (including phenoxy) is 1. The zero-order valence-corrected chi connectivity index (χ0v) is 8.59.